The fraction of sp³-hybridized carbons (Fsp3) is 0.846. The second-order valence-electron chi connectivity index (χ2n) is 4.52. The van der Waals surface area contributed by atoms with E-state index >= 15 is 0 Å². The molecule has 0 fully saturated rings. The van der Waals surface area contributed by atoms with Gasteiger partial charge in [-0.1, -0.05) is 26.2 Å². The van der Waals surface area contributed by atoms with E-state index in [1.807, 2.05) is 6.92 Å². The number of rotatable bonds is 11. The van der Waals surface area contributed by atoms with Crippen LogP contribution in [0.2, 0.25) is 0 Å². The van der Waals surface area contributed by atoms with E-state index in [2.05, 4.69) is 5.32 Å². The Labute approximate surface area is 109 Å². The van der Waals surface area contributed by atoms with Crippen molar-refractivity contribution in [2.45, 2.75) is 51.9 Å². The Balaban J connectivity index is 3.65. The number of nitrogens with one attached hydrogen (secondary N) is 1. The quantitative estimate of drug-likeness (QED) is 0.491. The normalized spacial score (nSPS) is 12.1. The molecule has 1 amide bonds. The van der Waals surface area contributed by atoms with E-state index in [9.17, 15) is 9.59 Å². The lowest BCUT2D eigenvalue weighted by Crippen LogP contribution is -2.29. The van der Waals surface area contributed by atoms with Crippen molar-refractivity contribution in [1.82, 2.24) is 5.32 Å². The maximum atomic E-state index is 11.5. The molecule has 5 nitrogen and oxygen atoms in total. The molecule has 3 N–H and O–H groups in total. The number of hydrogen-bond acceptors (Lipinski definition) is 3. The highest BCUT2D eigenvalue weighted by molar-refractivity contribution is 5.82. The standard InChI is InChI=1S/C13H25NO4/c1-2-7-11(13(17)18)10-12(16)14-8-5-3-4-6-9-15/h11,15H,2-10H2,1H3,(H,14,16)(H,17,18). The van der Waals surface area contributed by atoms with Gasteiger partial charge in [0.15, 0.2) is 0 Å². The molecule has 0 radical (unpaired) electrons. The topological polar surface area (TPSA) is 86.6 Å². The molecule has 0 heterocycles. The molecule has 0 aliphatic rings. The Bertz CT molecular complexity index is 243. The molecular formula is C13H25NO4. The number of unbranched alkanes of at least 4 members (excludes halogenated alkanes) is 3. The Morgan fingerprint density at radius 2 is 1.83 bits per heavy atom. The van der Waals surface area contributed by atoms with Gasteiger partial charge in [0.25, 0.3) is 0 Å². The first-order valence-corrected chi connectivity index (χ1v) is 6.72. The van der Waals surface area contributed by atoms with Gasteiger partial charge in [-0.05, 0) is 19.3 Å². The number of hydrogen-bond donors (Lipinski definition) is 3. The first-order valence-electron chi connectivity index (χ1n) is 6.72. The zero-order valence-electron chi connectivity index (χ0n) is 11.2. The summed E-state index contributed by atoms with van der Waals surface area (Å²) < 4.78 is 0. The molecule has 0 aliphatic carbocycles. The molecule has 0 rings (SSSR count). The van der Waals surface area contributed by atoms with Crippen LogP contribution in [-0.4, -0.2) is 35.2 Å². The van der Waals surface area contributed by atoms with Gasteiger partial charge in [0.1, 0.15) is 0 Å². The summed E-state index contributed by atoms with van der Waals surface area (Å²) in [5.41, 5.74) is 0. The minimum atomic E-state index is -0.894. The lowest BCUT2D eigenvalue weighted by atomic mass is 10.00. The summed E-state index contributed by atoms with van der Waals surface area (Å²) in [6.45, 7) is 2.71. The average molecular weight is 259 g/mol. The van der Waals surface area contributed by atoms with Crippen LogP contribution in [0.5, 0.6) is 0 Å². The molecule has 0 aliphatic heterocycles. The minimum Gasteiger partial charge on any atom is -0.481 e. The van der Waals surface area contributed by atoms with Gasteiger partial charge in [-0.3, -0.25) is 9.59 Å². The maximum absolute atomic E-state index is 11.5. The number of amides is 1. The van der Waals surface area contributed by atoms with Crippen LogP contribution >= 0.6 is 0 Å². The first kappa shape index (κ1) is 16.9. The van der Waals surface area contributed by atoms with Crippen LogP contribution in [0.4, 0.5) is 0 Å². The van der Waals surface area contributed by atoms with E-state index in [0.717, 1.165) is 32.1 Å². The molecule has 0 aromatic carbocycles. The lowest BCUT2D eigenvalue weighted by molar-refractivity contribution is -0.144. The number of carboxylic acid groups (broad SMARTS) is 1. The second kappa shape index (κ2) is 11.0. The zero-order valence-corrected chi connectivity index (χ0v) is 11.2. The van der Waals surface area contributed by atoms with Gasteiger partial charge in [-0.15, -0.1) is 0 Å². The number of carbonyl (C=O) groups is 2. The third-order valence-corrected chi connectivity index (χ3v) is 2.83. The highest BCUT2D eigenvalue weighted by atomic mass is 16.4. The van der Waals surface area contributed by atoms with Gasteiger partial charge < -0.3 is 15.5 Å². The largest absolute Gasteiger partial charge is 0.481 e. The molecule has 1 atom stereocenters. The van der Waals surface area contributed by atoms with E-state index in [0.29, 0.717) is 13.0 Å². The summed E-state index contributed by atoms with van der Waals surface area (Å²) in [5, 5.41) is 20.2. The Kier molecular flexibility index (Phi) is 10.3. The zero-order chi connectivity index (χ0) is 13.8. The molecule has 0 saturated carbocycles. The number of carboxylic acids is 1. The van der Waals surface area contributed by atoms with Crippen molar-refractivity contribution in [2.24, 2.45) is 5.92 Å². The Morgan fingerprint density at radius 1 is 1.17 bits per heavy atom. The summed E-state index contributed by atoms with van der Waals surface area (Å²) in [6, 6.07) is 0. The van der Waals surface area contributed by atoms with Crippen molar-refractivity contribution in [3.63, 3.8) is 0 Å². The predicted octanol–water partition coefficient (Wildman–Crippen LogP) is 1.55. The molecule has 0 aromatic rings. The van der Waals surface area contributed by atoms with Gasteiger partial charge in [0, 0.05) is 19.6 Å². The van der Waals surface area contributed by atoms with Gasteiger partial charge in [0.05, 0.1) is 5.92 Å². The molecule has 0 bridgehead atoms. The predicted molar refractivity (Wildman–Crippen MR) is 69.2 cm³/mol. The molecule has 5 heteroatoms. The number of carbonyl (C=O) groups excluding carboxylic acids is 1. The van der Waals surface area contributed by atoms with E-state index in [1.54, 1.807) is 0 Å². The third kappa shape index (κ3) is 8.98. The number of aliphatic carboxylic acids is 1. The Morgan fingerprint density at radius 3 is 2.39 bits per heavy atom. The van der Waals surface area contributed by atoms with E-state index < -0.39 is 11.9 Å². The maximum Gasteiger partial charge on any atom is 0.307 e. The van der Waals surface area contributed by atoms with Crippen molar-refractivity contribution >= 4 is 11.9 Å². The number of aliphatic hydroxyl groups excluding tert-OH is 1. The summed E-state index contributed by atoms with van der Waals surface area (Å²) in [5.74, 6) is -1.64. The fourth-order valence-corrected chi connectivity index (χ4v) is 1.78. The van der Waals surface area contributed by atoms with Crippen molar-refractivity contribution < 1.29 is 19.8 Å². The van der Waals surface area contributed by atoms with Crippen molar-refractivity contribution in [2.75, 3.05) is 13.2 Å². The van der Waals surface area contributed by atoms with Crippen LogP contribution in [0.15, 0.2) is 0 Å². The van der Waals surface area contributed by atoms with Crippen molar-refractivity contribution in [3.05, 3.63) is 0 Å². The highest BCUT2D eigenvalue weighted by Crippen LogP contribution is 2.11. The van der Waals surface area contributed by atoms with Crippen LogP contribution in [0, 0.1) is 5.92 Å². The molecule has 1 unspecified atom stereocenters. The molecule has 106 valence electrons. The first-order chi connectivity index (χ1) is 8.61. The summed E-state index contributed by atoms with van der Waals surface area (Å²) >= 11 is 0. The van der Waals surface area contributed by atoms with E-state index in [1.165, 1.54) is 0 Å². The SMILES string of the molecule is CCCC(CC(=O)NCCCCCCO)C(=O)O. The summed E-state index contributed by atoms with van der Waals surface area (Å²) in [4.78, 5) is 22.4. The molecule has 18 heavy (non-hydrogen) atoms. The van der Waals surface area contributed by atoms with Crippen molar-refractivity contribution in [3.8, 4) is 0 Å². The Hall–Kier alpha value is -1.10. The fourth-order valence-electron chi connectivity index (χ4n) is 1.78. The smallest absolute Gasteiger partial charge is 0.307 e. The van der Waals surface area contributed by atoms with Crippen LogP contribution in [0.1, 0.15) is 51.9 Å². The highest BCUT2D eigenvalue weighted by Gasteiger charge is 2.19. The van der Waals surface area contributed by atoms with Gasteiger partial charge >= 0.3 is 5.97 Å². The average Bonchev–Trinajstić information content (AvgIpc) is 2.33. The van der Waals surface area contributed by atoms with Crippen LogP contribution in [0.25, 0.3) is 0 Å². The summed E-state index contributed by atoms with van der Waals surface area (Å²) in [7, 11) is 0. The van der Waals surface area contributed by atoms with Crippen LogP contribution in [0.3, 0.4) is 0 Å². The molecule has 0 spiro atoms. The minimum absolute atomic E-state index is 0.0693. The van der Waals surface area contributed by atoms with E-state index in [4.69, 9.17) is 10.2 Å². The second-order valence-corrected chi connectivity index (χ2v) is 4.52. The lowest BCUT2D eigenvalue weighted by Gasteiger charge is -2.11. The third-order valence-electron chi connectivity index (χ3n) is 2.83. The molecular weight excluding hydrogens is 234 g/mol. The number of aliphatic hydroxyl groups is 1. The van der Waals surface area contributed by atoms with Gasteiger partial charge in [-0.25, -0.2) is 0 Å². The summed E-state index contributed by atoms with van der Waals surface area (Å²) in [6.07, 6.45) is 4.98. The molecule has 0 aromatic heterocycles. The van der Waals surface area contributed by atoms with Gasteiger partial charge in [-0.2, -0.15) is 0 Å². The van der Waals surface area contributed by atoms with Crippen molar-refractivity contribution in [1.29, 1.82) is 0 Å². The van der Waals surface area contributed by atoms with Crippen LogP contribution in [-0.2, 0) is 9.59 Å². The monoisotopic (exact) mass is 259 g/mol. The molecule has 0 saturated heterocycles. The van der Waals surface area contributed by atoms with Crippen LogP contribution < -0.4 is 5.32 Å². The van der Waals surface area contributed by atoms with Gasteiger partial charge in [0.2, 0.25) is 5.91 Å². The van der Waals surface area contributed by atoms with E-state index in [-0.39, 0.29) is 18.9 Å².